The highest BCUT2D eigenvalue weighted by molar-refractivity contribution is 5.96. The van der Waals surface area contributed by atoms with Crippen molar-refractivity contribution in [2.75, 3.05) is 37.6 Å². The number of amides is 2. The van der Waals surface area contributed by atoms with E-state index in [9.17, 15) is 9.59 Å². The van der Waals surface area contributed by atoms with Gasteiger partial charge in [0.15, 0.2) is 5.82 Å². The van der Waals surface area contributed by atoms with Gasteiger partial charge in [0.1, 0.15) is 12.1 Å². The van der Waals surface area contributed by atoms with Crippen molar-refractivity contribution in [3.05, 3.63) is 66.7 Å². The van der Waals surface area contributed by atoms with E-state index in [1.165, 1.54) is 6.33 Å². The Morgan fingerprint density at radius 1 is 0.966 bits per heavy atom. The van der Waals surface area contributed by atoms with Crippen molar-refractivity contribution < 1.29 is 9.59 Å². The Balaban J connectivity index is 1.30. The Morgan fingerprint density at radius 3 is 2.45 bits per heavy atom. The van der Waals surface area contributed by atoms with Gasteiger partial charge in [0.25, 0.3) is 5.91 Å². The van der Waals surface area contributed by atoms with Gasteiger partial charge in [-0.25, -0.2) is 14.6 Å². The van der Waals surface area contributed by atoms with Crippen molar-refractivity contribution in [3.8, 4) is 5.82 Å². The van der Waals surface area contributed by atoms with E-state index in [2.05, 4.69) is 25.3 Å². The zero-order valence-electron chi connectivity index (χ0n) is 15.8. The number of carbonyl (C=O) groups is 2. The molecule has 9 nitrogen and oxygen atoms in total. The van der Waals surface area contributed by atoms with Crippen LogP contribution in [-0.2, 0) is 4.79 Å². The van der Waals surface area contributed by atoms with Crippen molar-refractivity contribution >= 4 is 17.6 Å². The fraction of sp³-hybridized carbons (Fsp3) is 0.250. The molecule has 3 aromatic rings. The van der Waals surface area contributed by atoms with Gasteiger partial charge in [0.05, 0.1) is 6.54 Å². The molecule has 1 N–H and O–H groups in total. The number of hydrogen-bond acceptors (Lipinski definition) is 6. The molecule has 1 fully saturated rings. The molecule has 1 saturated heterocycles. The average molecular weight is 391 g/mol. The fourth-order valence-corrected chi connectivity index (χ4v) is 3.18. The van der Waals surface area contributed by atoms with Crippen LogP contribution in [-0.4, -0.2) is 69.2 Å². The largest absolute Gasteiger partial charge is 0.353 e. The van der Waals surface area contributed by atoms with E-state index in [0.717, 1.165) is 5.82 Å². The lowest BCUT2D eigenvalue weighted by Gasteiger charge is -2.35. The molecule has 3 heterocycles. The smallest absolute Gasteiger partial charge is 0.251 e. The molecule has 0 aliphatic carbocycles. The highest BCUT2D eigenvalue weighted by atomic mass is 16.2. The summed E-state index contributed by atoms with van der Waals surface area (Å²) in [6, 6.07) is 12.6. The van der Waals surface area contributed by atoms with Gasteiger partial charge in [0, 0.05) is 50.2 Å². The lowest BCUT2D eigenvalue weighted by molar-refractivity contribution is -0.130. The van der Waals surface area contributed by atoms with E-state index >= 15 is 0 Å². The van der Waals surface area contributed by atoms with Gasteiger partial charge in [-0.3, -0.25) is 9.59 Å². The molecule has 0 saturated carbocycles. The van der Waals surface area contributed by atoms with Crippen LogP contribution in [0.5, 0.6) is 0 Å². The molecule has 2 aromatic heterocycles. The summed E-state index contributed by atoms with van der Waals surface area (Å²) >= 11 is 0. The summed E-state index contributed by atoms with van der Waals surface area (Å²) in [6.45, 7) is 2.45. The Labute approximate surface area is 168 Å². The van der Waals surface area contributed by atoms with E-state index < -0.39 is 0 Å². The maximum atomic E-state index is 12.4. The zero-order valence-corrected chi connectivity index (χ0v) is 15.8. The minimum absolute atomic E-state index is 0.00924. The summed E-state index contributed by atoms with van der Waals surface area (Å²) in [4.78, 5) is 37.0. The highest BCUT2D eigenvalue weighted by Gasteiger charge is 2.22. The first kappa shape index (κ1) is 18.6. The molecule has 1 aliphatic rings. The van der Waals surface area contributed by atoms with Gasteiger partial charge >= 0.3 is 0 Å². The molecule has 0 spiro atoms. The summed E-state index contributed by atoms with van der Waals surface area (Å²) in [6.07, 6.45) is 5.04. The molecule has 0 bridgehead atoms. The van der Waals surface area contributed by atoms with E-state index in [0.29, 0.717) is 37.6 Å². The number of nitrogens with zero attached hydrogens (tertiary/aromatic N) is 6. The van der Waals surface area contributed by atoms with Crippen LogP contribution in [0.4, 0.5) is 5.82 Å². The first-order valence-electron chi connectivity index (χ1n) is 9.39. The van der Waals surface area contributed by atoms with E-state index in [1.807, 2.05) is 24.4 Å². The first-order valence-corrected chi connectivity index (χ1v) is 9.39. The summed E-state index contributed by atoms with van der Waals surface area (Å²) in [7, 11) is 0. The van der Waals surface area contributed by atoms with Gasteiger partial charge in [0.2, 0.25) is 5.91 Å². The average Bonchev–Trinajstić information content (AvgIpc) is 3.33. The molecule has 4 rings (SSSR count). The maximum Gasteiger partial charge on any atom is 0.251 e. The molecule has 148 valence electrons. The Hall–Kier alpha value is -3.75. The molecule has 0 atom stereocenters. The van der Waals surface area contributed by atoms with E-state index in [-0.39, 0.29) is 18.4 Å². The summed E-state index contributed by atoms with van der Waals surface area (Å²) < 4.78 is 1.68. The predicted octanol–water partition coefficient (Wildman–Crippen LogP) is 0.741. The molecule has 9 heteroatoms. The molecule has 0 unspecified atom stereocenters. The number of aromatic nitrogens is 4. The van der Waals surface area contributed by atoms with Crippen molar-refractivity contribution in [2.24, 2.45) is 0 Å². The molecule has 2 amide bonds. The number of piperazine rings is 1. The number of benzene rings is 1. The highest BCUT2D eigenvalue weighted by Crippen LogP contribution is 2.15. The second-order valence-corrected chi connectivity index (χ2v) is 6.60. The molecule has 1 aliphatic heterocycles. The predicted molar refractivity (Wildman–Crippen MR) is 107 cm³/mol. The molecule has 29 heavy (non-hydrogen) atoms. The molecule has 1 aromatic carbocycles. The Morgan fingerprint density at radius 2 is 1.72 bits per heavy atom. The molecular formula is C20H21N7O2. The van der Waals surface area contributed by atoms with Crippen LogP contribution in [0.2, 0.25) is 0 Å². The molecule has 0 radical (unpaired) electrons. The number of rotatable bonds is 5. The van der Waals surface area contributed by atoms with Crippen LogP contribution < -0.4 is 10.2 Å². The zero-order chi connectivity index (χ0) is 20.1. The minimum atomic E-state index is -0.246. The van der Waals surface area contributed by atoms with Crippen LogP contribution in [0.15, 0.2) is 61.2 Å². The Bertz CT molecular complexity index is 968. The van der Waals surface area contributed by atoms with Crippen molar-refractivity contribution in [2.45, 2.75) is 0 Å². The topological polar surface area (TPSA) is 96.2 Å². The van der Waals surface area contributed by atoms with Gasteiger partial charge < -0.3 is 15.1 Å². The third-order valence-electron chi connectivity index (χ3n) is 4.77. The molecular weight excluding hydrogens is 370 g/mol. The second kappa shape index (κ2) is 8.51. The van der Waals surface area contributed by atoms with Gasteiger partial charge in [-0.2, -0.15) is 5.10 Å². The van der Waals surface area contributed by atoms with Crippen LogP contribution >= 0.6 is 0 Å². The summed E-state index contributed by atoms with van der Waals surface area (Å²) in [5.74, 6) is 1.16. The van der Waals surface area contributed by atoms with E-state index in [4.69, 9.17) is 0 Å². The lowest BCUT2D eigenvalue weighted by Crippen LogP contribution is -2.51. The Kier molecular flexibility index (Phi) is 5.46. The van der Waals surface area contributed by atoms with Gasteiger partial charge in [-0.05, 0) is 18.2 Å². The first-order chi connectivity index (χ1) is 14.2. The number of carbonyl (C=O) groups excluding carboxylic acids is 2. The third-order valence-corrected chi connectivity index (χ3v) is 4.77. The van der Waals surface area contributed by atoms with Gasteiger partial charge in [-0.1, -0.05) is 18.2 Å². The summed E-state index contributed by atoms with van der Waals surface area (Å²) in [5, 5.41) is 6.87. The number of hydrogen-bond donors (Lipinski definition) is 1. The lowest BCUT2D eigenvalue weighted by atomic mass is 10.2. The maximum absolute atomic E-state index is 12.4. The van der Waals surface area contributed by atoms with Crippen LogP contribution in [0.25, 0.3) is 5.82 Å². The van der Waals surface area contributed by atoms with Crippen molar-refractivity contribution in [3.63, 3.8) is 0 Å². The van der Waals surface area contributed by atoms with Crippen molar-refractivity contribution in [1.82, 2.24) is 30.0 Å². The quantitative estimate of drug-likeness (QED) is 0.689. The minimum Gasteiger partial charge on any atom is -0.353 e. The van der Waals surface area contributed by atoms with Crippen LogP contribution in [0, 0.1) is 0 Å². The van der Waals surface area contributed by atoms with Crippen LogP contribution in [0.1, 0.15) is 10.4 Å². The van der Waals surface area contributed by atoms with E-state index in [1.54, 1.807) is 40.0 Å². The summed E-state index contributed by atoms with van der Waals surface area (Å²) in [5.41, 5.74) is 0.543. The third kappa shape index (κ3) is 4.40. The SMILES string of the molecule is O=C(NCC(=O)N1CCN(c2cc(-n3cccn3)ncn2)CC1)c1ccccc1. The van der Waals surface area contributed by atoms with Crippen molar-refractivity contribution in [1.29, 1.82) is 0 Å². The second-order valence-electron chi connectivity index (χ2n) is 6.60. The van der Waals surface area contributed by atoms with Gasteiger partial charge in [-0.15, -0.1) is 0 Å². The van der Waals surface area contributed by atoms with Crippen LogP contribution in [0.3, 0.4) is 0 Å². The number of nitrogens with one attached hydrogen (secondary N) is 1. The monoisotopic (exact) mass is 391 g/mol. The number of anilines is 1. The fourth-order valence-electron chi connectivity index (χ4n) is 3.18. The standard InChI is InChI=1S/C20H21N7O2/c28-19(14-21-20(29)16-5-2-1-3-6-16)26-11-9-25(10-12-26)17-13-18(23-15-22-17)27-8-4-7-24-27/h1-8,13,15H,9-12,14H2,(H,21,29). The normalized spacial score (nSPS) is 13.9.